The Hall–Kier alpha value is -3.75. The van der Waals surface area contributed by atoms with E-state index in [1.165, 1.54) is 36.4 Å². The molecule has 9 nitrogen and oxygen atoms in total. The average molecular weight is 388 g/mol. The van der Waals surface area contributed by atoms with Gasteiger partial charge in [-0.25, -0.2) is 4.79 Å². The third-order valence-electron chi connectivity index (χ3n) is 3.44. The monoisotopic (exact) mass is 388 g/mol. The highest BCUT2D eigenvalue weighted by Gasteiger charge is 2.10. The van der Waals surface area contributed by atoms with E-state index in [-0.39, 0.29) is 48.4 Å². The number of rotatable bonds is 7. The summed E-state index contributed by atoms with van der Waals surface area (Å²) in [5.74, 6) is -1.08. The molecule has 0 fully saturated rings. The fourth-order valence-corrected chi connectivity index (χ4v) is 2.20. The SMILES string of the molecule is CCOC(=O)Oc1ccc(C(=O)NCCNC(=O)c2cc(O)cc(O)c2)cc1. The van der Waals surface area contributed by atoms with Crippen LogP contribution in [-0.4, -0.2) is 47.9 Å². The fraction of sp³-hybridized carbons (Fsp3) is 0.211. The van der Waals surface area contributed by atoms with E-state index < -0.39 is 12.1 Å². The quantitative estimate of drug-likeness (QED) is 0.323. The van der Waals surface area contributed by atoms with Crippen LogP contribution < -0.4 is 15.4 Å². The van der Waals surface area contributed by atoms with Gasteiger partial charge >= 0.3 is 6.16 Å². The molecule has 148 valence electrons. The van der Waals surface area contributed by atoms with Gasteiger partial charge < -0.3 is 30.3 Å². The minimum Gasteiger partial charge on any atom is -0.508 e. The number of ether oxygens (including phenoxy) is 2. The molecule has 9 heteroatoms. The Bertz CT molecular complexity index is 830. The minimum atomic E-state index is -0.824. The Morgan fingerprint density at radius 3 is 1.93 bits per heavy atom. The Labute approximate surface area is 160 Å². The van der Waals surface area contributed by atoms with Crippen molar-refractivity contribution in [2.24, 2.45) is 0 Å². The Balaban J connectivity index is 1.77. The van der Waals surface area contributed by atoms with E-state index >= 15 is 0 Å². The number of carbonyl (C=O) groups is 3. The molecule has 0 unspecified atom stereocenters. The van der Waals surface area contributed by atoms with Gasteiger partial charge in [-0.05, 0) is 43.3 Å². The molecule has 0 heterocycles. The van der Waals surface area contributed by atoms with Crippen molar-refractivity contribution >= 4 is 18.0 Å². The number of benzene rings is 2. The van der Waals surface area contributed by atoms with E-state index in [4.69, 9.17) is 4.74 Å². The molecule has 2 rings (SSSR count). The van der Waals surface area contributed by atoms with Crippen LogP contribution in [0, 0.1) is 0 Å². The van der Waals surface area contributed by atoms with Gasteiger partial charge in [-0.3, -0.25) is 9.59 Å². The van der Waals surface area contributed by atoms with Crippen LogP contribution in [0.2, 0.25) is 0 Å². The summed E-state index contributed by atoms with van der Waals surface area (Å²) >= 11 is 0. The summed E-state index contributed by atoms with van der Waals surface area (Å²) in [6.45, 7) is 2.16. The lowest BCUT2D eigenvalue weighted by atomic mass is 10.2. The zero-order chi connectivity index (χ0) is 20.5. The Morgan fingerprint density at radius 2 is 1.39 bits per heavy atom. The van der Waals surface area contributed by atoms with Crippen molar-refractivity contribution in [2.45, 2.75) is 6.92 Å². The molecule has 0 atom stereocenters. The second-order valence-corrected chi connectivity index (χ2v) is 5.56. The van der Waals surface area contributed by atoms with Crippen LogP contribution in [0.25, 0.3) is 0 Å². The standard InChI is InChI=1S/C19H20N2O7/c1-2-27-19(26)28-16-5-3-12(4-6-16)17(24)20-7-8-21-18(25)13-9-14(22)11-15(23)10-13/h3-6,9-11,22-23H,2,7-8H2,1H3,(H,20,24)(H,21,25). The molecule has 0 aliphatic carbocycles. The summed E-state index contributed by atoms with van der Waals surface area (Å²) in [5, 5.41) is 23.9. The number of nitrogens with one attached hydrogen (secondary N) is 2. The lowest BCUT2D eigenvalue weighted by Crippen LogP contribution is -2.34. The molecule has 0 aromatic heterocycles. The topological polar surface area (TPSA) is 134 Å². The number of amides is 2. The third-order valence-corrected chi connectivity index (χ3v) is 3.44. The van der Waals surface area contributed by atoms with Crippen molar-refractivity contribution in [2.75, 3.05) is 19.7 Å². The normalized spacial score (nSPS) is 10.0. The van der Waals surface area contributed by atoms with Gasteiger partial charge in [0.05, 0.1) is 6.61 Å². The molecular weight excluding hydrogens is 368 g/mol. The minimum absolute atomic E-state index is 0.0982. The number of hydrogen-bond donors (Lipinski definition) is 4. The van der Waals surface area contributed by atoms with Gasteiger partial charge in [-0.1, -0.05) is 0 Å². The maximum atomic E-state index is 12.1. The summed E-state index contributed by atoms with van der Waals surface area (Å²) in [5.41, 5.74) is 0.446. The smallest absolute Gasteiger partial charge is 0.508 e. The van der Waals surface area contributed by atoms with Crippen LogP contribution in [0.1, 0.15) is 27.6 Å². The van der Waals surface area contributed by atoms with E-state index in [9.17, 15) is 24.6 Å². The molecule has 2 amide bonds. The molecule has 0 aliphatic rings. The molecule has 2 aromatic carbocycles. The predicted octanol–water partition coefficient (Wildman–Crippen LogP) is 1.79. The van der Waals surface area contributed by atoms with Crippen LogP contribution in [0.5, 0.6) is 17.2 Å². The summed E-state index contributed by atoms with van der Waals surface area (Å²) < 4.78 is 9.55. The maximum Gasteiger partial charge on any atom is 0.513 e. The first-order chi connectivity index (χ1) is 13.4. The van der Waals surface area contributed by atoms with Crippen molar-refractivity contribution in [3.63, 3.8) is 0 Å². The lowest BCUT2D eigenvalue weighted by Gasteiger charge is -2.08. The van der Waals surface area contributed by atoms with Crippen molar-refractivity contribution in [3.8, 4) is 17.2 Å². The highest BCUT2D eigenvalue weighted by molar-refractivity contribution is 5.95. The van der Waals surface area contributed by atoms with E-state index in [0.29, 0.717) is 5.56 Å². The van der Waals surface area contributed by atoms with Gasteiger partial charge in [0, 0.05) is 30.3 Å². The van der Waals surface area contributed by atoms with Gasteiger partial charge in [0.15, 0.2) is 0 Å². The largest absolute Gasteiger partial charge is 0.513 e. The molecule has 0 radical (unpaired) electrons. The van der Waals surface area contributed by atoms with Crippen LogP contribution in [0.15, 0.2) is 42.5 Å². The predicted molar refractivity (Wildman–Crippen MR) is 98.5 cm³/mol. The van der Waals surface area contributed by atoms with Gasteiger partial charge in [-0.2, -0.15) is 0 Å². The van der Waals surface area contributed by atoms with Gasteiger partial charge in [0.2, 0.25) is 0 Å². The second kappa shape index (κ2) is 9.81. The first-order valence-electron chi connectivity index (χ1n) is 8.43. The number of phenols is 2. The van der Waals surface area contributed by atoms with Crippen LogP contribution >= 0.6 is 0 Å². The van der Waals surface area contributed by atoms with E-state index in [2.05, 4.69) is 15.4 Å². The van der Waals surface area contributed by atoms with E-state index in [0.717, 1.165) is 6.07 Å². The lowest BCUT2D eigenvalue weighted by molar-refractivity contribution is 0.0927. The summed E-state index contributed by atoms with van der Waals surface area (Å²) in [6.07, 6.45) is -0.824. The molecule has 0 aliphatic heterocycles. The first-order valence-corrected chi connectivity index (χ1v) is 8.43. The molecular formula is C19H20N2O7. The number of hydrogen-bond acceptors (Lipinski definition) is 7. The summed E-state index contributed by atoms with van der Waals surface area (Å²) in [7, 11) is 0. The highest BCUT2D eigenvalue weighted by atomic mass is 16.7. The van der Waals surface area contributed by atoms with Gasteiger partial charge in [0.25, 0.3) is 11.8 Å². The number of aromatic hydroxyl groups is 2. The zero-order valence-corrected chi connectivity index (χ0v) is 15.1. The second-order valence-electron chi connectivity index (χ2n) is 5.56. The molecule has 4 N–H and O–H groups in total. The maximum absolute atomic E-state index is 12.1. The summed E-state index contributed by atoms with van der Waals surface area (Å²) in [6, 6.07) is 9.43. The van der Waals surface area contributed by atoms with Crippen molar-refractivity contribution in [1.82, 2.24) is 10.6 Å². The fourth-order valence-electron chi connectivity index (χ4n) is 2.20. The zero-order valence-electron chi connectivity index (χ0n) is 15.1. The molecule has 2 aromatic rings. The number of carbonyl (C=O) groups excluding carboxylic acids is 3. The highest BCUT2D eigenvalue weighted by Crippen LogP contribution is 2.20. The van der Waals surface area contributed by atoms with Gasteiger partial charge in [-0.15, -0.1) is 0 Å². The summed E-state index contributed by atoms with van der Waals surface area (Å²) in [4.78, 5) is 35.2. The Morgan fingerprint density at radius 1 is 0.857 bits per heavy atom. The van der Waals surface area contributed by atoms with Crippen LogP contribution in [0.4, 0.5) is 4.79 Å². The van der Waals surface area contributed by atoms with E-state index in [1.54, 1.807) is 6.92 Å². The van der Waals surface area contributed by atoms with Crippen molar-refractivity contribution < 1.29 is 34.1 Å². The number of phenolic OH excluding ortho intramolecular Hbond substituents is 2. The molecule has 0 spiro atoms. The van der Waals surface area contributed by atoms with Crippen molar-refractivity contribution in [1.29, 1.82) is 0 Å². The van der Waals surface area contributed by atoms with Crippen molar-refractivity contribution in [3.05, 3.63) is 53.6 Å². The average Bonchev–Trinajstić information content (AvgIpc) is 2.65. The van der Waals surface area contributed by atoms with Gasteiger partial charge in [0.1, 0.15) is 17.2 Å². The molecule has 0 saturated heterocycles. The third kappa shape index (κ3) is 6.20. The molecule has 28 heavy (non-hydrogen) atoms. The Kier molecular flexibility index (Phi) is 7.21. The van der Waals surface area contributed by atoms with E-state index in [1.807, 2.05) is 0 Å². The first kappa shape index (κ1) is 20.6. The van der Waals surface area contributed by atoms with Crippen LogP contribution in [-0.2, 0) is 4.74 Å². The van der Waals surface area contributed by atoms with Crippen LogP contribution in [0.3, 0.4) is 0 Å². The molecule has 0 saturated carbocycles. The molecule has 0 bridgehead atoms.